The van der Waals surface area contributed by atoms with Gasteiger partial charge in [-0.05, 0) is 38.8 Å². The molecule has 1 aromatic carbocycles. The Hall–Kier alpha value is -2.11. The van der Waals surface area contributed by atoms with Gasteiger partial charge in [0.1, 0.15) is 0 Å². The zero-order chi connectivity index (χ0) is 15.6. The fourth-order valence-corrected chi connectivity index (χ4v) is 2.75. The Morgan fingerprint density at radius 2 is 2.24 bits per heavy atom. The summed E-state index contributed by atoms with van der Waals surface area (Å²) in [4.78, 5) is 24.5. The number of carbonyl (C=O) groups is 1. The molecule has 0 amide bonds. The van der Waals surface area contributed by atoms with Crippen LogP contribution in [-0.2, 0) is 9.53 Å². The number of rotatable bonds is 4. The molecule has 1 aliphatic heterocycles. The van der Waals surface area contributed by atoms with Crippen molar-refractivity contribution < 1.29 is 14.5 Å². The lowest BCUT2D eigenvalue weighted by molar-refractivity contribution is -0.384. The second-order valence-corrected chi connectivity index (χ2v) is 5.68. The molecule has 114 valence electrons. The lowest BCUT2D eigenvalue weighted by atomic mass is 9.90. The van der Waals surface area contributed by atoms with Crippen molar-refractivity contribution >= 4 is 17.3 Å². The second-order valence-electron chi connectivity index (χ2n) is 5.68. The van der Waals surface area contributed by atoms with Crippen LogP contribution in [0.2, 0.25) is 0 Å². The molecule has 0 aromatic heterocycles. The number of carbonyl (C=O) groups excluding carboxylic acids is 1. The molecule has 0 spiro atoms. The van der Waals surface area contributed by atoms with Crippen molar-refractivity contribution in [2.75, 3.05) is 24.6 Å². The fraction of sp³-hybridized carbons (Fsp3) is 0.533. The van der Waals surface area contributed by atoms with E-state index in [1.54, 1.807) is 19.1 Å². The van der Waals surface area contributed by atoms with Crippen LogP contribution in [0.3, 0.4) is 0 Å². The Morgan fingerprint density at radius 1 is 1.52 bits per heavy atom. The Labute approximate surface area is 123 Å². The summed E-state index contributed by atoms with van der Waals surface area (Å²) in [6.45, 7) is 7.26. The highest BCUT2D eigenvalue weighted by Gasteiger charge is 2.42. The number of hydrogen-bond acceptors (Lipinski definition) is 5. The fourth-order valence-electron chi connectivity index (χ4n) is 2.75. The van der Waals surface area contributed by atoms with Crippen molar-refractivity contribution in [2.24, 2.45) is 5.41 Å². The average Bonchev–Trinajstić information content (AvgIpc) is 2.82. The number of esters is 1. The number of non-ortho nitro benzene ring substituents is 1. The van der Waals surface area contributed by atoms with E-state index in [1.807, 2.05) is 13.8 Å². The van der Waals surface area contributed by atoms with Crippen LogP contribution in [0.25, 0.3) is 0 Å². The third-order valence-electron chi connectivity index (χ3n) is 3.97. The van der Waals surface area contributed by atoms with Crippen molar-refractivity contribution in [3.05, 3.63) is 33.9 Å². The highest BCUT2D eigenvalue weighted by atomic mass is 16.6. The van der Waals surface area contributed by atoms with E-state index < -0.39 is 10.3 Å². The van der Waals surface area contributed by atoms with Gasteiger partial charge in [-0.25, -0.2) is 0 Å². The number of hydrogen-bond donors (Lipinski definition) is 0. The number of nitro benzene ring substituents is 1. The molecule has 1 atom stereocenters. The lowest BCUT2D eigenvalue weighted by Crippen LogP contribution is -2.33. The van der Waals surface area contributed by atoms with Crippen molar-refractivity contribution in [3.8, 4) is 0 Å². The minimum absolute atomic E-state index is 0.0867. The Bertz CT molecular complexity index is 573. The van der Waals surface area contributed by atoms with Crippen LogP contribution in [0, 0.1) is 22.5 Å². The molecule has 1 heterocycles. The molecule has 0 aliphatic carbocycles. The molecule has 1 aromatic rings. The van der Waals surface area contributed by atoms with Gasteiger partial charge in [-0.1, -0.05) is 0 Å². The van der Waals surface area contributed by atoms with Gasteiger partial charge in [0.25, 0.3) is 5.69 Å². The van der Waals surface area contributed by atoms with Gasteiger partial charge < -0.3 is 9.64 Å². The Balaban J connectivity index is 2.18. The quantitative estimate of drug-likeness (QED) is 0.484. The van der Waals surface area contributed by atoms with Crippen LogP contribution in [0.15, 0.2) is 18.2 Å². The van der Waals surface area contributed by atoms with Gasteiger partial charge in [0.2, 0.25) is 0 Å². The van der Waals surface area contributed by atoms with Crippen LogP contribution in [0.1, 0.15) is 25.8 Å². The van der Waals surface area contributed by atoms with Crippen molar-refractivity contribution in [1.29, 1.82) is 0 Å². The van der Waals surface area contributed by atoms with E-state index in [9.17, 15) is 14.9 Å². The minimum Gasteiger partial charge on any atom is -0.466 e. The first-order valence-corrected chi connectivity index (χ1v) is 7.04. The third-order valence-corrected chi connectivity index (χ3v) is 3.97. The van der Waals surface area contributed by atoms with E-state index in [1.165, 1.54) is 6.07 Å². The van der Waals surface area contributed by atoms with Gasteiger partial charge >= 0.3 is 5.97 Å². The highest BCUT2D eigenvalue weighted by molar-refractivity contribution is 5.78. The van der Waals surface area contributed by atoms with Crippen LogP contribution < -0.4 is 4.90 Å². The standard InChI is InChI=1S/C15H20N2O4/c1-4-21-14(18)15(3)7-8-16(10-15)13-6-5-12(17(19)20)9-11(13)2/h5-6,9H,4,7-8,10H2,1-3H3. The minimum atomic E-state index is -0.510. The topological polar surface area (TPSA) is 72.7 Å². The van der Waals surface area contributed by atoms with Gasteiger partial charge in [-0.2, -0.15) is 0 Å². The monoisotopic (exact) mass is 292 g/mol. The zero-order valence-corrected chi connectivity index (χ0v) is 12.6. The van der Waals surface area contributed by atoms with E-state index in [0.29, 0.717) is 13.2 Å². The maximum absolute atomic E-state index is 12.0. The molecule has 1 fully saturated rings. The van der Waals surface area contributed by atoms with E-state index in [0.717, 1.165) is 24.2 Å². The molecule has 1 unspecified atom stereocenters. The summed E-state index contributed by atoms with van der Waals surface area (Å²) in [5.41, 5.74) is 1.36. The number of nitrogens with zero attached hydrogens (tertiary/aromatic N) is 2. The molecular weight excluding hydrogens is 272 g/mol. The Morgan fingerprint density at radius 3 is 2.81 bits per heavy atom. The maximum atomic E-state index is 12.0. The first-order chi connectivity index (χ1) is 9.87. The van der Waals surface area contributed by atoms with Crippen LogP contribution in [0.5, 0.6) is 0 Å². The summed E-state index contributed by atoms with van der Waals surface area (Å²) in [6, 6.07) is 4.82. The molecule has 6 nitrogen and oxygen atoms in total. The largest absolute Gasteiger partial charge is 0.466 e. The highest BCUT2D eigenvalue weighted by Crippen LogP contribution is 2.36. The summed E-state index contributed by atoms with van der Waals surface area (Å²) in [7, 11) is 0. The molecule has 0 N–H and O–H groups in total. The molecular formula is C15H20N2O4. The Kier molecular flexibility index (Phi) is 4.16. The SMILES string of the molecule is CCOC(=O)C1(C)CCN(c2ccc([N+](=O)[O-])cc2C)C1. The third kappa shape index (κ3) is 2.99. The molecule has 1 saturated heterocycles. The van der Waals surface area contributed by atoms with Crippen molar-refractivity contribution in [1.82, 2.24) is 0 Å². The predicted molar refractivity (Wildman–Crippen MR) is 79.4 cm³/mol. The number of nitro groups is 1. The molecule has 0 radical (unpaired) electrons. The summed E-state index contributed by atoms with van der Waals surface area (Å²) < 4.78 is 5.14. The first-order valence-electron chi connectivity index (χ1n) is 7.04. The van der Waals surface area contributed by atoms with Gasteiger partial charge in [0.15, 0.2) is 0 Å². The molecule has 1 aliphatic rings. The molecule has 2 rings (SSSR count). The van der Waals surface area contributed by atoms with Gasteiger partial charge in [-0.15, -0.1) is 0 Å². The van der Waals surface area contributed by atoms with Gasteiger partial charge in [0, 0.05) is 30.9 Å². The second kappa shape index (κ2) is 5.71. The predicted octanol–water partition coefficient (Wildman–Crippen LogP) is 2.68. The van der Waals surface area contributed by atoms with Crippen LogP contribution in [-0.4, -0.2) is 30.6 Å². The van der Waals surface area contributed by atoms with Gasteiger partial charge in [-0.3, -0.25) is 14.9 Å². The summed E-state index contributed by atoms with van der Waals surface area (Å²) in [5.74, 6) is -0.174. The smallest absolute Gasteiger partial charge is 0.313 e. The van der Waals surface area contributed by atoms with Gasteiger partial charge in [0.05, 0.1) is 16.9 Å². The number of aryl methyl sites for hydroxylation is 1. The summed E-state index contributed by atoms with van der Waals surface area (Å²) in [5, 5.41) is 10.8. The van der Waals surface area contributed by atoms with E-state index in [2.05, 4.69) is 4.90 Å². The normalized spacial score (nSPS) is 21.4. The van der Waals surface area contributed by atoms with Crippen molar-refractivity contribution in [2.45, 2.75) is 27.2 Å². The van der Waals surface area contributed by atoms with Crippen LogP contribution in [0.4, 0.5) is 11.4 Å². The van der Waals surface area contributed by atoms with E-state index >= 15 is 0 Å². The van der Waals surface area contributed by atoms with Crippen LogP contribution >= 0.6 is 0 Å². The molecule has 0 saturated carbocycles. The number of ether oxygens (including phenoxy) is 1. The number of benzene rings is 1. The molecule has 21 heavy (non-hydrogen) atoms. The first kappa shape index (κ1) is 15.3. The molecule has 0 bridgehead atoms. The summed E-state index contributed by atoms with van der Waals surface area (Å²) >= 11 is 0. The number of anilines is 1. The summed E-state index contributed by atoms with van der Waals surface area (Å²) in [6.07, 6.45) is 0.724. The zero-order valence-electron chi connectivity index (χ0n) is 12.6. The van der Waals surface area contributed by atoms with E-state index in [4.69, 9.17) is 4.74 Å². The molecule has 6 heteroatoms. The average molecular weight is 292 g/mol. The van der Waals surface area contributed by atoms with E-state index in [-0.39, 0.29) is 11.7 Å². The van der Waals surface area contributed by atoms with Crippen molar-refractivity contribution in [3.63, 3.8) is 0 Å². The lowest BCUT2D eigenvalue weighted by Gasteiger charge is -2.24. The maximum Gasteiger partial charge on any atom is 0.313 e.